The maximum atomic E-state index is 13.3. The van der Waals surface area contributed by atoms with Crippen LogP contribution in [-0.4, -0.2) is 34.5 Å². The van der Waals surface area contributed by atoms with Gasteiger partial charge in [0.15, 0.2) is 0 Å². The Morgan fingerprint density at radius 2 is 1.67 bits per heavy atom. The summed E-state index contributed by atoms with van der Waals surface area (Å²) >= 11 is 0. The van der Waals surface area contributed by atoms with Gasteiger partial charge in [0, 0.05) is 6.54 Å². The Bertz CT molecular complexity index is 1150. The lowest BCUT2D eigenvalue weighted by Crippen LogP contribution is -2.41. The van der Waals surface area contributed by atoms with Crippen LogP contribution < -0.4 is 14.4 Å². The second-order valence-electron chi connectivity index (χ2n) is 7.65. The predicted octanol–water partition coefficient (Wildman–Crippen LogP) is 4.20. The van der Waals surface area contributed by atoms with Crippen molar-refractivity contribution in [3.63, 3.8) is 0 Å². The molecule has 0 unspecified atom stereocenters. The molecule has 0 aliphatic rings. The minimum Gasteiger partial charge on any atom is -0.497 e. The first kappa shape index (κ1) is 24.3. The van der Waals surface area contributed by atoms with Gasteiger partial charge >= 0.3 is 0 Å². The largest absolute Gasteiger partial charge is 0.497 e. The number of carbonyl (C=O) groups is 1. The molecule has 0 heterocycles. The van der Waals surface area contributed by atoms with Crippen molar-refractivity contribution in [2.24, 2.45) is 0 Å². The van der Waals surface area contributed by atoms with E-state index >= 15 is 0 Å². The Kier molecular flexibility index (Phi) is 8.49. The summed E-state index contributed by atoms with van der Waals surface area (Å²) in [5.74, 6) is 0.451. The molecule has 0 saturated heterocycles. The maximum absolute atomic E-state index is 13.3. The number of aryl methyl sites for hydroxylation is 2. The van der Waals surface area contributed by atoms with E-state index in [2.05, 4.69) is 5.32 Å². The number of anilines is 1. The Balaban J connectivity index is 1.68. The van der Waals surface area contributed by atoms with Crippen molar-refractivity contribution in [1.82, 2.24) is 5.32 Å². The maximum Gasteiger partial charge on any atom is 0.264 e. The van der Waals surface area contributed by atoms with Crippen LogP contribution in [0.25, 0.3) is 0 Å². The van der Waals surface area contributed by atoms with Gasteiger partial charge in [0.25, 0.3) is 10.0 Å². The number of nitrogens with one attached hydrogen (secondary N) is 1. The van der Waals surface area contributed by atoms with Gasteiger partial charge in [0.1, 0.15) is 12.3 Å². The van der Waals surface area contributed by atoms with Crippen molar-refractivity contribution in [3.05, 3.63) is 90.0 Å². The van der Waals surface area contributed by atoms with E-state index in [-0.39, 0.29) is 17.3 Å². The first-order valence-corrected chi connectivity index (χ1v) is 12.4. The summed E-state index contributed by atoms with van der Waals surface area (Å²) in [6, 6.07) is 23.2. The van der Waals surface area contributed by atoms with Crippen LogP contribution >= 0.6 is 0 Å². The fourth-order valence-electron chi connectivity index (χ4n) is 3.47. The zero-order valence-electron chi connectivity index (χ0n) is 19.0. The molecule has 33 heavy (non-hydrogen) atoms. The molecule has 0 spiro atoms. The molecule has 1 amide bonds. The lowest BCUT2D eigenvalue weighted by atomic mass is 10.1. The van der Waals surface area contributed by atoms with Crippen LogP contribution in [0.2, 0.25) is 0 Å². The number of benzene rings is 3. The van der Waals surface area contributed by atoms with E-state index in [1.807, 2.05) is 43.3 Å². The average Bonchev–Trinajstić information content (AvgIpc) is 2.86. The highest BCUT2D eigenvalue weighted by molar-refractivity contribution is 7.92. The van der Waals surface area contributed by atoms with Gasteiger partial charge in [-0.05, 0) is 66.8 Å². The zero-order valence-corrected chi connectivity index (χ0v) is 19.8. The van der Waals surface area contributed by atoms with Crippen LogP contribution in [0.4, 0.5) is 5.69 Å². The molecule has 3 aromatic rings. The smallest absolute Gasteiger partial charge is 0.264 e. The van der Waals surface area contributed by atoms with Crippen LogP contribution in [0.1, 0.15) is 24.5 Å². The number of methoxy groups -OCH3 is 1. The molecule has 0 aliphatic carbocycles. The van der Waals surface area contributed by atoms with Crippen LogP contribution in [0.3, 0.4) is 0 Å². The van der Waals surface area contributed by atoms with Crippen molar-refractivity contribution in [2.75, 3.05) is 24.5 Å². The second kappa shape index (κ2) is 11.5. The molecule has 0 bridgehead atoms. The molecule has 0 atom stereocenters. The van der Waals surface area contributed by atoms with Gasteiger partial charge in [-0.15, -0.1) is 0 Å². The van der Waals surface area contributed by atoms with Gasteiger partial charge in [0.2, 0.25) is 5.91 Å². The van der Waals surface area contributed by atoms with E-state index in [0.717, 1.165) is 36.1 Å². The molecule has 0 fully saturated rings. The summed E-state index contributed by atoms with van der Waals surface area (Å²) in [7, 11) is -2.26. The molecule has 1 N–H and O–H groups in total. The van der Waals surface area contributed by atoms with Crippen LogP contribution in [0, 0.1) is 0 Å². The molecule has 0 aliphatic heterocycles. The highest BCUT2D eigenvalue weighted by atomic mass is 32.2. The molecular formula is C26H30N2O4S. The topological polar surface area (TPSA) is 75.7 Å². The first-order valence-electron chi connectivity index (χ1n) is 11.0. The Morgan fingerprint density at radius 1 is 0.939 bits per heavy atom. The molecule has 6 nitrogen and oxygen atoms in total. The number of rotatable bonds is 11. The Morgan fingerprint density at radius 3 is 2.33 bits per heavy atom. The quantitative estimate of drug-likeness (QED) is 0.430. The standard InChI is InChI=1S/C26H30N2O4S/c1-3-21-14-16-23(17-15-21)28(33(30,31)25-12-5-4-6-13-25)20-26(29)27-18-8-10-22-9-7-11-24(19-22)32-2/h4-7,9,11-17,19H,3,8,10,18,20H2,1-2H3,(H,27,29). The van der Waals surface area contributed by atoms with Gasteiger partial charge < -0.3 is 10.1 Å². The summed E-state index contributed by atoms with van der Waals surface area (Å²) in [4.78, 5) is 12.9. The Hall–Kier alpha value is -3.32. The van der Waals surface area contributed by atoms with Gasteiger partial charge in [0.05, 0.1) is 17.7 Å². The molecule has 7 heteroatoms. The molecule has 3 rings (SSSR count). The lowest BCUT2D eigenvalue weighted by Gasteiger charge is -2.24. The first-order chi connectivity index (χ1) is 15.9. The minimum atomic E-state index is -3.89. The van der Waals surface area contributed by atoms with Crippen molar-refractivity contribution < 1.29 is 17.9 Å². The molecular weight excluding hydrogens is 436 g/mol. The van der Waals surface area contributed by atoms with Crippen LogP contribution in [0.15, 0.2) is 83.8 Å². The zero-order chi connectivity index (χ0) is 23.7. The second-order valence-corrected chi connectivity index (χ2v) is 9.51. The summed E-state index contributed by atoms with van der Waals surface area (Å²) in [5, 5.41) is 2.85. The Labute approximate surface area is 196 Å². The van der Waals surface area contributed by atoms with E-state index in [4.69, 9.17) is 4.74 Å². The molecule has 0 aromatic heterocycles. The number of ether oxygens (including phenoxy) is 1. The third kappa shape index (κ3) is 6.58. The van der Waals surface area contributed by atoms with Crippen molar-refractivity contribution in [2.45, 2.75) is 31.1 Å². The van der Waals surface area contributed by atoms with E-state index in [9.17, 15) is 13.2 Å². The monoisotopic (exact) mass is 466 g/mol. The van der Waals surface area contributed by atoms with E-state index in [0.29, 0.717) is 12.2 Å². The number of amides is 1. The summed E-state index contributed by atoms with van der Waals surface area (Å²) in [5.41, 5.74) is 2.67. The normalized spacial score (nSPS) is 11.1. The SMILES string of the molecule is CCc1ccc(N(CC(=O)NCCCc2cccc(OC)c2)S(=O)(=O)c2ccccc2)cc1. The molecule has 0 saturated carbocycles. The fraction of sp³-hybridized carbons (Fsp3) is 0.269. The number of hydrogen-bond donors (Lipinski definition) is 1. The predicted molar refractivity (Wildman–Crippen MR) is 131 cm³/mol. The van der Waals surface area contributed by atoms with Gasteiger partial charge in [-0.25, -0.2) is 8.42 Å². The third-order valence-corrected chi connectivity index (χ3v) is 7.14. The minimum absolute atomic E-state index is 0.149. The van der Waals surface area contributed by atoms with Crippen LogP contribution in [0.5, 0.6) is 5.75 Å². The average molecular weight is 467 g/mol. The van der Waals surface area contributed by atoms with E-state index < -0.39 is 10.0 Å². The van der Waals surface area contributed by atoms with Gasteiger partial charge in [-0.3, -0.25) is 9.10 Å². The molecule has 0 radical (unpaired) electrons. The van der Waals surface area contributed by atoms with Crippen LogP contribution in [-0.2, 0) is 27.7 Å². The molecule has 3 aromatic carbocycles. The number of hydrogen-bond acceptors (Lipinski definition) is 4. The van der Waals surface area contributed by atoms with Crippen molar-refractivity contribution >= 4 is 21.6 Å². The summed E-state index contributed by atoms with van der Waals surface area (Å²) in [6.45, 7) is 2.19. The van der Waals surface area contributed by atoms with E-state index in [1.54, 1.807) is 37.4 Å². The number of nitrogens with zero attached hydrogens (tertiary/aromatic N) is 1. The number of sulfonamides is 1. The van der Waals surface area contributed by atoms with Gasteiger partial charge in [-0.2, -0.15) is 0 Å². The summed E-state index contributed by atoms with van der Waals surface area (Å²) in [6.07, 6.45) is 2.36. The number of carbonyl (C=O) groups excluding carboxylic acids is 1. The molecule has 174 valence electrons. The highest BCUT2D eigenvalue weighted by Crippen LogP contribution is 2.24. The third-order valence-electron chi connectivity index (χ3n) is 5.35. The van der Waals surface area contributed by atoms with Crippen molar-refractivity contribution in [1.29, 1.82) is 0 Å². The fourth-order valence-corrected chi connectivity index (χ4v) is 4.91. The lowest BCUT2D eigenvalue weighted by molar-refractivity contribution is -0.119. The van der Waals surface area contributed by atoms with E-state index in [1.165, 1.54) is 16.4 Å². The highest BCUT2D eigenvalue weighted by Gasteiger charge is 2.26. The summed E-state index contributed by atoms with van der Waals surface area (Å²) < 4.78 is 33.1. The van der Waals surface area contributed by atoms with Gasteiger partial charge in [-0.1, -0.05) is 49.4 Å². The van der Waals surface area contributed by atoms with Crippen molar-refractivity contribution in [3.8, 4) is 5.75 Å².